The van der Waals surface area contributed by atoms with Crippen LogP contribution in [0.15, 0.2) is 18.3 Å². The van der Waals surface area contributed by atoms with Crippen LogP contribution in [-0.2, 0) is 16.6 Å². The molecule has 0 spiro atoms. The van der Waals surface area contributed by atoms with Gasteiger partial charge in [0.15, 0.2) is 0 Å². The highest BCUT2D eigenvalue weighted by atomic mass is 16.5. The van der Waals surface area contributed by atoms with E-state index in [4.69, 9.17) is 4.74 Å². The van der Waals surface area contributed by atoms with Crippen LogP contribution in [0.25, 0.3) is 0 Å². The molecule has 0 aliphatic rings. The first-order chi connectivity index (χ1) is 8.10. The van der Waals surface area contributed by atoms with E-state index in [1.54, 1.807) is 36.9 Å². The molecule has 0 atom stereocenters. The zero-order valence-electron chi connectivity index (χ0n) is 10.5. The summed E-state index contributed by atoms with van der Waals surface area (Å²) >= 11 is 0. The predicted molar refractivity (Wildman–Crippen MR) is 63.6 cm³/mol. The molecule has 0 saturated heterocycles. The van der Waals surface area contributed by atoms with Crippen LogP contribution in [0.2, 0.25) is 0 Å². The van der Waals surface area contributed by atoms with Gasteiger partial charge in [0.05, 0.1) is 6.61 Å². The zero-order chi connectivity index (χ0) is 12.8. The second kappa shape index (κ2) is 6.08. The standard InChI is InChI=1S/C12H18N2O3/c1-4-14(9-11(15)17-5-2)12(16)10-7-6-8-13(10)3/h6-8H,4-5,9H2,1-3H3. The largest absolute Gasteiger partial charge is 0.465 e. The first-order valence-corrected chi connectivity index (χ1v) is 5.66. The molecule has 0 radical (unpaired) electrons. The monoisotopic (exact) mass is 238 g/mol. The molecule has 0 saturated carbocycles. The predicted octanol–water partition coefficient (Wildman–Crippen LogP) is 1.05. The molecule has 0 fully saturated rings. The maximum Gasteiger partial charge on any atom is 0.325 e. The van der Waals surface area contributed by atoms with Gasteiger partial charge >= 0.3 is 5.97 Å². The van der Waals surface area contributed by atoms with E-state index in [1.807, 2.05) is 6.92 Å². The highest BCUT2D eigenvalue weighted by Gasteiger charge is 2.19. The summed E-state index contributed by atoms with van der Waals surface area (Å²) in [5.74, 6) is -0.537. The Balaban J connectivity index is 2.71. The fourth-order valence-electron chi connectivity index (χ4n) is 1.53. The van der Waals surface area contributed by atoms with Gasteiger partial charge in [-0.2, -0.15) is 0 Å². The van der Waals surface area contributed by atoms with Gasteiger partial charge in [-0.3, -0.25) is 9.59 Å². The van der Waals surface area contributed by atoms with Gasteiger partial charge in [-0.25, -0.2) is 0 Å². The smallest absolute Gasteiger partial charge is 0.325 e. The number of hydrogen-bond acceptors (Lipinski definition) is 3. The van der Waals surface area contributed by atoms with Gasteiger partial charge in [-0.15, -0.1) is 0 Å². The number of ether oxygens (including phenoxy) is 1. The number of amides is 1. The highest BCUT2D eigenvalue weighted by molar-refractivity contribution is 5.94. The molecule has 0 aromatic carbocycles. The number of hydrogen-bond donors (Lipinski definition) is 0. The van der Waals surface area contributed by atoms with Crippen LogP contribution in [-0.4, -0.2) is 41.0 Å². The fraction of sp³-hybridized carbons (Fsp3) is 0.500. The summed E-state index contributed by atoms with van der Waals surface area (Å²) in [4.78, 5) is 24.9. The van der Waals surface area contributed by atoms with Crippen molar-refractivity contribution in [1.82, 2.24) is 9.47 Å². The summed E-state index contributed by atoms with van der Waals surface area (Å²) in [6.07, 6.45) is 1.80. The lowest BCUT2D eigenvalue weighted by molar-refractivity contribution is -0.143. The number of esters is 1. The van der Waals surface area contributed by atoms with Crippen molar-refractivity contribution in [3.05, 3.63) is 24.0 Å². The van der Waals surface area contributed by atoms with E-state index in [0.717, 1.165) is 0 Å². The number of likely N-dealkylation sites (N-methyl/N-ethyl adjacent to an activating group) is 1. The Kier molecular flexibility index (Phi) is 4.75. The van der Waals surface area contributed by atoms with Crippen LogP contribution in [0.5, 0.6) is 0 Å². The molecule has 1 amide bonds. The minimum absolute atomic E-state index is 0.00560. The molecule has 0 aliphatic heterocycles. The summed E-state index contributed by atoms with van der Waals surface area (Å²) in [7, 11) is 1.80. The molecule has 1 rings (SSSR count). The van der Waals surface area contributed by atoms with Crippen LogP contribution < -0.4 is 0 Å². The van der Waals surface area contributed by atoms with E-state index in [2.05, 4.69) is 0 Å². The van der Waals surface area contributed by atoms with Crippen LogP contribution in [0, 0.1) is 0 Å². The van der Waals surface area contributed by atoms with E-state index in [1.165, 1.54) is 4.90 Å². The number of carbonyl (C=O) groups excluding carboxylic acids is 2. The van der Waals surface area contributed by atoms with Crippen LogP contribution in [0.3, 0.4) is 0 Å². The first kappa shape index (κ1) is 13.3. The normalized spacial score (nSPS) is 10.1. The Morgan fingerprint density at radius 1 is 1.41 bits per heavy atom. The van der Waals surface area contributed by atoms with Crippen molar-refractivity contribution in [2.24, 2.45) is 7.05 Å². The number of aryl methyl sites for hydroxylation is 1. The molecule has 5 nitrogen and oxygen atoms in total. The molecular weight excluding hydrogens is 220 g/mol. The Hall–Kier alpha value is -1.78. The van der Waals surface area contributed by atoms with E-state index >= 15 is 0 Å². The topological polar surface area (TPSA) is 51.5 Å². The van der Waals surface area contributed by atoms with Crippen molar-refractivity contribution in [3.8, 4) is 0 Å². The van der Waals surface area contributed by atoms with Gasteiger partial charge in [0, 0.05) is 19.8 Å². The summed E-state index contributed by atoms with van der Waals surface area (Å²) in [5, 5.41) is 0. The second-order valence-corrected chi connectivity index (χ2v) is 3.63. The third-order valence-corrected chi connectivity index (χ3v) is 2.46. The quantitative estimate of drug-likeness (QED) is 0.720. The Labute approximate surface area is 101 Å². The zero-order valence-corrected chi connectivity index (χ0v) is 10.5. The van der Waals surface area contributed by atoms with Crippen molar-refractivity contribution >= 4 is 11.9 Å². The molecule has 0 aliphatic carbocycles. The molecule has 0 bridgehead atoms. The maximum absolute atomic E-state index is 12.1. The third kappa shape index (κ3) is 3.34. The summed E-state index contributed by atoms with van der Waals surface area (Å²) in [6.45, 7) is 4.37. The Morgan fingerprint density at radius 3 is 2.59 bits per heavy atom. The molecule has 0 unspecified atom stereocenters. The molecular formula is C12H18N2O3. The van der Waals surface area contributed by atoms with Gasteiger partial charge < -0.3 is 14.2 Å². The summed E-state index contributed by atoms with van der Waals surface area (Å²) < 4.78 is 6.56. The molecule has 94 valence electrons. The van der Waals surface area contributed by atoms with E-state index in [-0.39, 0.29) is 18.4 Å². The Morgan fingerprint density at radius 2 is 2.12 bits per heavy atom. The summed E-state index contributed by atoms with van der Waals surface area (Å²) in [5.41, 5.74) is 0.566. The van der Waals surface area contributed by atoms with Crippen molar-refractivity contribution in [2.75, 3.05) is 19.7 Å². The lowest BCUT2D eigenvalue weighted by Gasteiger charge is -2.19. The van der Waals surface area contributed by atoms with Crippen LogP contribution in [0.1, 0.15) is 24.3 Å². The lowest BCUT2D eigenvalue weighted by atomic mass is 10.3. The molecule has 5 heteroatoms. The van der Waals surface area contributed by atoms with Gasteiger partial charge in [-0.05, 0) is 26.0 Å². The van der Waals surface area contributed by atoms with E-state index < -0.39 is 0 Å². The van der Waals surface area contributed by atoms with Gasteiger partial charge in [0.1, 0.15) is 12.2 Å². The Bertz CT molecular complexity index is 398. The molecule has 17 heavy (non-hydrogen) atoms. The molecule has 1 aromatic heterocycles. The minimum Gasteiger partial charge on any atom is -0.465 e. The van der Waals surface area contributed by atoms with Gasteiger partial charge in [-0.1, -0.05) is 0 Å². The first-order valence-electron chi connectivity index (χ1n) is 5.66. The number of rotatable bonds is 5. The number of carbonyl (C=O) groups is 2. The van der Waals surface area contributed by atoms with Crippen molar-refractivity contribution < 1.29 is 14.3 Å². The van der Waals surface area contributed by atoms with Crippen molar-refractivity contribution in [2.45, 2.75) is 13.8 Å². The molecule has 1 heterocycles. The highest BCUT2D eigenvalue weighted by Crippen LogP contribution is 2.05. The van der Waals surface area contributed by atoms with E-state index in [9.17, 15) is 9.59 Å². The SMILES string of the molecule is CCOC(=O)CN(CC)C(=O)c1cccn1C. The number of aromatic nitrogens is 1. The van der Waals surface area contributed by atoms with E-state index in [0.29, 0.717) is 18.8 Å². The van der Waals surface area contributed by atoms with Crippen molar-refractivity contribution in [3.63, 3.8) is 0 Å². The van der Waals surface area contributed by atoms with Gasteiger partial charge in [0.2, 0.25) is 0 Å². The lowest BCUT2D eigenvalue weighted by Crippen LogP contribution is -2.37. The number of nitrogens with zero attached hydrogens (tertiary/aromatic N) is 2. The molecule has 0 N–H and O–H groups in total. The maximum atomic E-state index is 12.1. The molecule has 1 aromatic rings. The average Bonchev–Trinajstić information content (AvgIpc) is 2.72. The van der Waals surface area contributed by atoms with Crippen LogP contribution >= 0.6 is 0 Å². The average molecular weight is 238 g/mol. The van der Waals surface area contributed by atoms with Crippen molar-refractivity contribution in [1.29, 1.82) is 0 Å². The summed E-state index contributed by atoms with van der Waals surface area (Å²) in [6, 6.07) is 3.53. The van der Waals surface area contributed by atoms with Gasteiger partial charge in [0.25, 0.3) is 5.91 Å². The third-order valence-electron chi connectivity index (χ3n) is 2.46. The van der Waals surface area contributed by atoms with Crippen LogP contribution in [0.4, 0.5) is 0 Å². The fourth-order valence-corrected chi connectivity index (χ4v) is 1.53. The second-order valence-electron chi connectivity index (χ2n) is 3.63. The minimum atomic E-state index is -0.378.